The molecule has 0 heterocycles. The van der Waals surface area contributed by atoms with Crippen molar-refractivity contribution in [2.45, 2.75) is 36.6 Å². The van der Waals surface area contributed by atoms with Crippen molar-refractivity contribution in [3.05, 3.63) is 0 Å². The number of rotatable bonds is 14. The molecule has 0 radical (unpaired) electrons. The van der Waals surface area contributed by atoms with Crippen LogP contribution in [0.5, 0.6) is 0 Å². The maximum Gasteiger partial charge on any atom is 0.481 e. The number of phosphoric ester groups is 5. The van der Waals surface area contributed by atoms with Gasteiger partial charge in [0.15, 0.2) is 0 Å². The molecule has 13 N–H and O–H groups in total. The first-order chi connectivity index (χ1) is 17.3. The summed E-state index contributed by atoms with van der Waals surface area (Å²) in [5, 5.41) is 10.5. The van der Waals surface area contributed by atoms with Crippen LogP contribution < -0.4 is 0 Å². The molecule has 1 rings (SSSR count). The first kappa shape index (κ1) is 38.8. The molecule has 0 aromatic carbocycles. The van der Waals surface area contributed by atoms with Gasteiger partial charge in [-0.25, -0.2) is 32.0 Å². The molecule has 240 valence electrons. The second-order valence-corrected chi connectivity index (χ2v) is 16.0. The van der Waals surface area contributed by atoms with Gasteiger partial charge in [-0.15, -0.1) is 0 Å². The molecule has 8 atom stereocenters. The summed E-state index contributed by atoms with van der Waals surface area (Å²) in [7, 11) is -43.1. The Morgan fingerprint density at radius 1 is 0.350 bits per heavy atom. The quantitative estimate of drug-likeness (QED) is 0.0788. The lowest BCUT2D eigenvalue weighted by atomic mass is 9.85. The summed E-state index contributed by atoms with van der Waals surface area (Å²) in [5.41, 5.74) is 0. The number of hydrogen-bond donors (Lipinski definition) is 13. The predicted molar refractivity (Wildman–Crippen MR) is 112 cm³/mol. The molecular weight excluding hydrogens is 721 g/mol. The van der Waals surface area contributed by atoms with Crippen molar-refractivity contribution in [1.29, 1.82) is 0 Å². The molecule has 40 heavy (non-hydrogen) atoms. The van der Waals surface area contributed by atoms with Crippen molar-refractivity contribution in [1.82, 2.24) is 0 Å². The van der Waals surface area contributed by atoms with Crippen LogP contribution in [-0.2, 0) is 63.2 Å². The average molecular weight is 740 g/mol. The molecule has 0 aromatic heterocycles. The lowest BCUT2D eigenvalue weighted by Gasteiger charge is -2.47. The molecule has 0 aliphatic heterocycles. The lowest BCUT2D eigenvalue weighted by Crippen LogP contribution is -2.66. The molecule has 27 nitrogen and oxygen atoms in total. The Morgan fingerprint density at radius 2 is 0.575 bits per heavy atom. The molecule has 1 aliphatic rings. The summed E-state index contributed by atoms with van der Waals surface area (Å²) in [6.45, 7) is 0. The van der Waals surface area contributed by atoms with Crippen LogP contribution in [0.2, 0.25) is 0 Å². The second-order valence-electron chi connectivity index (χ2n) is 6.89. The molecule has 0 aromatic rings. The first-order valence-electron chi connectivity index (χ1n) is 8.76. The molecular formula is C6H19O27P7. The van der Waals surface area contributed by atoms with E-state index in [0.29, 0.717) is 0 Å². The summed E-state index contributed by atoms with van der Waals surface area (Å²) in [5.74, 6) is 0. The zero-order valence-corrected chi connectivity index (χ0v) is 24.4. The van der Waals surface area contributed by atoms with E-state index in [2.05, 4.69) is 31.2 Å². The summed E-state index contributed by atoms with van der Waals surface area (Å²) < 4.78 is 108. The minimum absolute atomic E-state index is 3.13. The van der Waals surface area contributed by atoms with E-state index in [4.69, 9.17) is 39.1 Å². The van der Waals surface area contributed by atoms with Crippen LogP contribution in [0.3, 0.4) is 0 Å². The number of phosphoric acid groups is 7. The van der Waals surface area contributed by atoms with Crippen LogP contribution in [0.15, 0.2) is 0 Å². The Hall–Kier alpha value is 0.810. The van der Waals surface area contributed by atoms with E-state index < -0.39 is 91.4 Å². The fourth-order valence-electron chi connectivity index (χ4n) is 2.83. The molecule has 2 unspecified atom stereocenters. The number of aliphatic hydroxyl groups is 1. The summed E-state index contributed by atoms with van der Waals surface area (Å²) >= 11 is 0. The van der Waals surface area contributed by atoms with E-state index in [0.717, 1.165) is 0 Å². The summed E-state index contributed by atoms with van der Waals surface area (Å²) in [6.07, 6.45) is -19.5. The van der Waals surface area contributed by atoms with Crippen LogP contribution >= 0.6 is 54.8 Å². The minimum atomic E-state index is -6.43. The van der Waals surface area contributed by atoms with Gasteiger partial charge in [0, 0.05) is 0 Å². The van der Waals surface area contributed by atoms with Gasteiger partial charge in [0.2, 0.25) is 0 Å². The second kappa shape index (κ2) is 13.0. The van der Waals surface area contributed by atoms with Gasteiger partial charge in [-0.3, -0.25) is 22.6 Å². The van der Waals surface area contributed by atoms with Crippen molar-refractivity contribution >= 4 is 54.8 Å². The van der Waals surface area contributed by atoms with Gasteiger partial charge < -0.3 is 63.8 Å². The fourth-order valence-corrected chi connectivity index (χ4v) is 8.07. The Labute approximate surface area is 219 Å². The van der Waals surface area contributed by atoms with E-state index in [9.17, 15) is 56.6 Å². The van der Waals surface area contributed by atoms with Crippen molar-refractivity contribution in [2.75, 3.05) is 0 Å². The van der Waals surface area contributed by atoms with Gasteiger partial charge in [0.1, 0.15) is 36.6 Å². The largest absolute Gasteiger partial charge is 0.481 e. The van der Waals surface area contributed by atoms with Crippen molar-refractivity contribution < 1.29 is 127 Å². The lowest BCUT2D eigenvalue weighted by molar-refractivity contribution is -0.205. The highest BCUT2D eigenvalue weighted by molar-refractivity contribution is 7.61. The van der Waals surface area contributed by atoms with Gasteiger partial charge in [0.25, 0.3) is 0 Å². The third-order valence-electron chi connectivity index (χ3n) is 3.67. The fraction of sp³-hybridized carbons (Fsp3) is 1.00. The van der Waals surface area contributed by atoms with E-state index in [1.807, 2.05) is 0 Å². The predicted octanol–water partition coefficient (Wildman–Crippen LogP) is -3.02. The van der Waals surface area contributed by atoms with Crippen LogP contribution in [-0.4, -0.2) is 100 Å². The Bertz CT molecular complexity index is 1230. The van der Waals surface area contributed by atoms with E-state index in [1.54, 1.807) is 0 Å². The number of aliphatic hydroxyl groups excluding tert-OH is 1. The van der Waals surface area contributed by atoms with E-state index in [1.165, 1.54) is 0 Å². The van der Waals surface area contributed by atoms with Gasteiger partial charge in [-0.2, -0.15) is 8.62 Å². The van der Waals surface area contributed by atoms with Crippen LogP contribution in [0.25, 0.3) is 0 Å². The van der Waals surface area contributed by atoms with Crippen molar-refractivity contribution in [3.63, 3.8) is 0 Å². The Balaban J connectivity index is 3.98. The molecule has 1 saturated carbocycles. The third-order valence-corrected chi connectivity index (χ3v) is 9.60. The molecule has 1 aliphatic carbocycles. The topological polar surface area (TPSA) is 447 Å². The smallest absolute Gasteiger partial charge is 0.387 e. The van der Waals surface area contributed by atoms with Crippen LogP contribution in [0, 0.1) is 0 Å². The van der Waals surface area contributed by atoms with Crippen molar-refractivity contribution in [3.8, 4) is 0 Å². The normalized spacial score (nSPS) is 30.4. The monoisotopic (exact) mass is 740 g/mol. The van der Waals surface area contributed by atoms with Crippen molar-refractivity contribution in [2.24, 2.45) is 0 Å². The maximum atomic E-state index is 12.2. The molecule has 1 fully saturated rings. The Kier molecular flexibility index (Phi) is 12.7. The summed E-state index contributed by atoms with van der Waals surface area (Å²) in [6, 6.07) is 0. The van der Waals surface area contributed by atoms with Gasteiger partial charge in [-0.05, 0) is 0 Å². The van der Waals surface area contributed by atoms with E-state index in [-0.39, 0.29) is 0 Å². The number of hydrogen-bond acceptors (Lipinski definition) is 15. The Morgan fingerprint density at radius 3 is 0.825 bits per heavy atom. The van der Waals surface area contributed by atoms with Crippen LogP contribution in [0.4, 0.5) is 0 Å². The molecule has 34 heteroatoms. The molecule has 0 saturated heterocycles. The van der Waals surface area contributed by atoms with Gasteiger partial charge >= 0.3 is 54.8 Å². The highest BCUT2D eigenvalue weighted by atomic mass is 31.3. The van der Waals surface area contributed by atoms with Gasteiger partial charge in [0.05, 0.1) is 0 Å². The SMILES string of the molecule is O=P(O)(O)O[C@@H]1[C@@H](OP(=O)(O)OP(=O)(O)O)[C@@H](OP(=O)(O)OP(=O)(O)O)[C@@H](OP(=O)(O)O)[C@H](O)[C@H]1OP(=O)(O)O. The molecule has 0 bridgehead atoms. The zero-order chi connectivity index (χ0) is 31.9. The average Bonchev–Trinajstić information content (AvgIpc) is 2.57. The highest BCUT2D eigenvalue weighted by Gasteiger charge is 2.61. The zero-order valence-electron chi connectivity index (χ0n) is 18.1. The van der Waals surface area contributed by atoms with Crippen LogP contribution in [0.1, 0.15) is 0 Å². The molecule has 0 spiro atoms. The standard InChI is InChI=1S/C6H19O27P7/c7-1-2(27-34(8,9)10)4(29-36(14,15)16)6(31-40(25,26)33-38(20,21)22)5(3(1)28-35(11,12)13)30-39(23,24)32-37(17,18)19/h1-7H,(H,23,24)(H,25,26)(H2,8,9,10)(H2,11,12,13)(H2,14,15,16)(H2,17,18,19)(H2,20,21,22)/t1-,2-,3+,4+,5+,6-/m1/s1. The molecule has 0 amide bonds. The maximum absolute atomic E-state index is 12.2. The van der Waals surface area contributed by atoms with Gasteiger partial charge in [-0.1, -0.05) is 0 Å². The highest BCUT2D eigenvalue weighted by Crippen LogP contribution is 2.63. The first-order valence-corrected chi connectivity index (χ1v) is 19.4. The minimum Gasteiger partial charge on any atom is -0.387 e. The van der Waals surface area contributed by atoms with E-state index >= 15 is 0 Å². The third kappa shape index (κ3) is 14.5. The summed E-state index contributed by atoms with van der Waals surface area (Å²) in [4.78, 5) is 109.